The smallest absolute Gasteiger partial charge is 0.256 e. The van der Waals surface area contributed by atoms with Crippen LogP contribution in [0.3, 0.4) is 0 Å². The fourth-order valence-electron chi connectivity index (χ4n) is 4.58. The fraction of sp³-hybridized carbons (Fsp3) is 0.421. The molecule has 4 rings (SSSR count). The summed E-state index contributed by atoms with van der Waals surface area (Å²) in [6.45, 7) is 0.113. The molecular weight excluding hydrogens is 302 g/mol. The van der Waals surface area contributed by atoms with E-state index in [1.165, 1.54) is 11.8 Å². The molecule has 0 saturated carbocycles. The minimum Gasteiger partial charge on any atom is -0.396 e. The summed E-state index contributed by atoms with van der Waals surface area (Å²) in [5.74, 6) is 0.0146. The largest absolute Gasteiger partial charge is 0.396 e. The maximum Gasteiger partial charge on any atom is 0.256 e. The van der Waals surface area contributed by atoms with Gasteiger partial charge in [0.2, 0.25) is 0 Å². The summed E-state index contributed by atoms with van der Waals surface area (Å²) in [6.07, 6.45) is 6.73. The summed E-state index contributed by atoms with van der Waals surface area (Å²) in [5, 5.41) is 17.8. The number of aliphatic hydroxyl groups excluding tert-OH is 1. The van der Waals surface area contributed by atoms with E-state index >= 15 is 0 Å². The first-order chi connectivity index (χ1) is 11.7. The molecule has 2 bridgehead atoms. The Kier molecular flexibility index (Phi) is 3.81. The Morgan fingerprint density at radius 3 is 2.75 bits per heavy atom. The number of aromatic nitrogens is 2. The Labute approximate surface area is 141 Å². The van der Waals surface area contributed by atoms with Gasteiger partial charge in [0.1, 0.15) is 0 Å². The van der Waals surface area contributed by atoms with Crippen LogP contribution in [0.15, 0.2) is 48.8 Å². The third-order valence-corrected chi connectivity index (χ3v) is 5.63. The topological polar surface area (TPSA) is 66.3 Å². The van der Waals surface area contributed by atoms with Gasteiger partial charge in [0, 0.05) is 17.5 Å². The Morgan fingerprint density at radius 1 is 1.21 bits per heavy atom. The molecular formula is C19H21N3O2. The van der Waals surface area contributed by atoms with Gasteiger partial charge in [0.05, 0.1) is 24.6 Å². The monoisotopic (exact) mass is 323 g/mol. The summed E-state index contributed by atoms with van der Waals surface area (Å²) in [4.78, 5) is 14.9. The first kappa shape index (κ1) is 15.3. The van der Waals surface area contributed by atoms with Crippen molar-refractivity contribution in [2.24, 2.45) is 5.41 Å². The molecule has 2 aromatic rings. The zero-order valence-electron chi connectivity index (χ0n) is 13.5. The van der Waals surface area contributed by atoms with Crippen LogP contribution in [0.1, 0.15) is 35.2 Å². The predicted octanol–water partition coefficient (Wildman–Crippen LogP) is 2.07. The van der Waals surface area contributed by atoms with Gasteiger partial charge in [0.25, 0.3) is 5.91 Å². The number of carbonyl (C=O) groups is 1. The first-order valence-electron chi connectivity index (χ1n) is 8.48. The molecule has 24 heavy (non-hydrogen) atoms. The molecule has 0 spiro atoms. The lowest BCUT2D eigenvalue weighted by Crippen LogP contribution is -2.44. The molecule has 1 amide bonds. The summed E-state index contributed by atoms with van der Waals surface area (Å²) in [6, 6.07) is 12.3. The van der Waals surface area contributed by atoms with Gasteiger partial charge in [-0.05, 0) is 37.3 Å². The zero-order chi connectivity index (χ0) is 16.6. The van der Waals surface area contributed by atoms with E-state index in [1.807, 2.05) is 23.1 Å². The van der Waals surface area contributed by atoms with E-state index < -0.39 is 0 Å². The van der Waals surface area contributed by atoms with Crippen molar-refractivity contribution in [3.63, 3.8) is 0 Å². The number of rotatable bonds is 4. The number of hydrogen-bond donors (Lipinski definition) is 1. The van der Waals surface area contributed by atoms with Crippen molar-refractivity contribution in [2.75, 3.05) is 6.61 Å². The third kappa shape index (κ3) is 2.40. The Bertz CT molecular complexity index is 722. The molecule has 2 fully saturated rings. The van der Waals surface area contributed by atoms with Crippen LogP contribution < -0.4 is 0 Å². The Balaban J connectivity index is 1.62. The highest BCUT2D eigenvalue weighted by Crippen LogP contribution is 2.51. The first-order valence-corrected chi connectivity index (χ1v) is 8.48. The maximum absolute atomic E-state index is 12.9. The average molecular weight is 323 g/mol. The van der Waals surface area contributed by atoms with Gasteiger partial charge in [-0.1, -0.05) is 30.3 Å². The molecule has 2 saturated heterocycles. The van der Waals surface area contributed by atoms with Crippen LogP contribution >= 0.6 is 0 Å². The van der Waals surface area contributed by atoms with Crippen LogP contribution in [-0.2, 0) is 6.42 Å². The molecule has 3 atom stereocenters. The second kappa shape index (κ2) is 5.98. The fourth-order valence-corrected chi connectivity index (χ4v) is 4.58. The molecule has 2 aliphatic rings. The second-order valence-corrected chi connectivity index (χ2v) is 6.98. The zero-order valence-corrected chi connectivity index (χ0v) is 13.5. The molecule has 124 valence electrons. The van der Waals surface area contributed by atoms with Gasteiger partial charge in [-0.2, -0.15) is 10.2 Å². The van der Waals surface area contributed by atoms with Crippen LogP contribution in [0.4, 0.5) is 0 Å². The lowest BCUT2D eigenvalue weighted by Gasteiger charge is -2.36. The quantitative estimate of drug-likeness (QED) is 0.935. The van der Waals surface area contributed by atoms with Gasteiger partial charge in [-0.15, -0.1) is 0 Å². The van der Waals surface area contributed by atoms with E-state index in [-0.39, 0.29) is 30.0 Å². The van der Waals surface area contributed by atoms with Crippen molar-refractivity contribution < 1.29 is 9.90 Å². The van der Waals surface area contributed by atoms with Crippen LogP contribution in [0.5, 0.6) is 0 Å². The van der Waals surface area contributed by atoms with Crippen LogP contribution in [-0.4, -0.2) is 44.8 Å². The van der Waals surface area contributed by atoms with Gasteiger partial charge in [-0.25, -0.2) is 0 Å². The normalized spacial score (nSPS) is 28.3. The van der Waals surface area contributed by atoms with Crippen LogP contribution in [0, 0.1) is 5.41 Å². The van der Waals surface area contributed by atoms with E-state index in [0.717, 1.165) is 25.7 Å². The van der Waals surface area contributed by atoms with Crippen molar-refractivity contribution in [3.8, 4) is 0 Å². The molecule has 1 aromatic heterocycles. The Morgan fingerprint density at radius 2 is 2.04 bits per heavy atom. The van der Waals surface area contributed by atoms with Crippen molar-refractivity contribution in [3.05, 3.63) is 59.9 Å². The standard InChI is InChI=1S/C19H21N3O2/c23-13-19(10-14-4-2-1-3-5-14)11-16-6-7-17(19)22(16)18(24)15-8-9-20-21-12-15/h1-5,8-9,12,16-17,23H,6-7,10-11,13H2/t16-,17+,19-/m1/s1. The minimum absolute atomic E-state index is 0.0146. The molecule has 1 N–H and O–H groups in total. The number of carbonyl (C=O) groups excluding carboxylic acids is 1. The van der Waals surface area contributed by atoms with E-state index in [0.29, 0.717) is 5.56 Å². The highest BCUT2D eigenvalue weighted by molar-refractivity contribution is 5.94. The SMILES string of the molecule is O=C(c1ccnnc1)N1[C@@H]2CC[C@H]1[C@](CO)(Cc1ccccc1)C2. The van der Waals surface area contributed by atoms with E-state index in [1.54, 1.807) is 12.3 Å². The number of amides is 1. The molecule has 3 heterocycles. The number of benzene rings is 1. The van der Waals surface area contributed by atoms with Crippen molar-refractivity contribution >= 4 is 5.91 Å². The minimum atomic E-state index is -0.236. The molecule has 2 aliphatic heterocycles. The number of hydrogen-bond acceptors (Lipinski definition) is 4. The summed E-state index contributed by atoms with van der Waals surface area (Å²) >= 11 is 0. The number of aliphatic hydroxyl groups is 1. The molecule has 0 radical (unpaired) electrons. The van der Waals surface area contributed by atoms with E-state index in [4.69, 9.17) is 0 Å². The number of fused-ring (bicyclic) bond motifs is 2. The van der Waals surface area contributed by atoms with Gasteiger partial charge in [0.15, 0.2) is 0 Å². The van der Waals surface area contributed by atoms with E-state index in [2.05, 4.69) is 22.3 Å². The van der Waals surface area contributed by atoms with Gasteiger partial charge >= 0.3 is 0 Å². The highest BCUT2D eigenvalue weighted by Gasteiger charge is 2.57. The second-order valence-electron chi connectivity index (χ2n) is 6.98. The van der Waals surface area contributed by atoms with Crippen molar-refractivity contribution in [2.45, 2.75) is 37.8 Å². The lowest BCUT2D eigenvalue weighted by molar-refractivity contribution is 0.0570. The van der Waals surface area contributed by atoms with Crippen LogP contribution in [0.25, 0.3) is 0 Å². The third-order valence-electron chi connectivity index (χ3n) is 5.63. The van der Waals surface area contributed by atoms with Crippen molar-refractivity contribution in [1.29, 1.82) is 0 Å². The molecule has 1 aromatic carbocycles. The predicted molar refractivity (Wildman–Crippen MR) is 89.3 cm³/mol. The average Bonchev–Trinajstić information content (AvgIpc) is 3.19. The van der Waals surface area contributed by atoms with E-state index in [9.17, 15) is 9.90 Å². The molecule has 0 aliphatic carbocycles. The number of nitrogens with zero attached hydrogens (tertiary/aromatic N) is 3. The van der Waals surface area contributed by atoms with Crippen molar-refractivity contribution in [1.82, 2.24) is 15.1 Å². The summed E-state index contributed by atoms with van der Waals surface area (Å²) < 4.78 is 0. The Hall–Kier alpha value is -2.27. The van der Waals surface area contributed by atoms with Crippen LogP contribution in [0.2, 0.25) is 0 Å². The summed E-state index contributed by atoms with van der Waals surface area (Å²) in [5.41, 5.74) is 1.56. The van der Waals surface area contributed by atoms with Gasteiger partial charge in [-0.3, -0.25) is 4.79 Å². The summed E-state index contributed by atoms with van der Waals surface area (Å²) in [7, 11) is 0. The molecule has 5 nitrogen and oxygen atoms in total. The molecule has 0 unspecified atom stereocenters. The highest BCUT2D eigenvalue weighted by atomic mass is 16.3. The van der Waals surface area contributed by atoms with Gasteiger partial charge < -0.3 is 10.0 Å². The maximum atomic E-state index is 12.9. The molecule has 5 heteroatoms. The lowest BCUT2D eigenvalue weighted by atomic mass is 9.70.